The Labute approximate surface area is 235 Å². The van der Waals surface area contributed by atoms with Crippen LogP contribution in [0.25, 0.3) is 0 Å². The highest BCUT2D eigenvalue weighted by atomic mass is 32.2. The maximum absolute atomic E-state index is 13.8. The fourth-order valence-corrected chi connectivity index (χ4v) is 7.23. The maximum Gasteiger partial charge on any atom is 0.325 e. The number of nitrogens with zero attached hydrogens (tertiary/aromatic N) is 3. The van der Waals surface area contributed by atoms with Crippen LogP contribution in [0.15, 0.2) is 64.6 Å². The van der Waals surface area contributed by atoms with Crippen molar-refractivity contribution in [1.82, 2.24) is 14.7 Å². The van der Waals surface area contributed by atoms with E-state index in [-0.39, 0.29) is 17.9 Å². The van der Waals surface area contributed by atoms with E-state index in [0.717, 1.165) is 33.0 Å². The molecule has 5 rings (SSSR count). The van der Waals surface area contributed by atoms with Crippen molar-refractivity contribution in [2.75, 3.05) is 33.9 Å². The summed E-state index contributed by atoms with van der Waals surface area (Å²) in [4.78, 5) is 34.6. The zero-order valence-corrected chi connectivity index (χ0v) is 24.3. The first kappa shape index (κ1) is 27.2. The number of rotatable bonds is 6. The molecular weight excluding hydrogens is 510 g/mol. The van der Waals surface area contributed by atoms with Crippen molar-refractivity contribution < 1.29 is 19.1 Å². The molecule has 0 radical (unpaired) electrons. The predicted molar refractivity (Wildman–Crippen MR) is 154 cm³/mol. The van der Waals surface area contributed by atoms with Crippen LogP contribution in [0.2, 0.25) is 0 Å². The average Bonchev–Trinajstić information content (AvgIpc) is 3.04. The number of benzene rings is 2. The Morgan fingerprint density at radius 2 is 1.87 bits per heavy atom. The number of urea groups is 1. The van der Waals surface area contributed by atoms with E-state index in [2.05, 4.69) is 19.6 Å². The third kappa shape index (κ3) is 4.58. The number of fused-ring (bicyclic) bond motifs is 3. The lowest BCUT2D eigenvalue weighted by molar-refractivity contribution is -0.128. The highest BCUT2D eigenvalue weighted by Crippen LogP contribution is 2.49. The molecule has 0 bridgehead atoms. The van der Waals surface area contributed by atoms with Gasteiger partial charge in [0.2, 0.25) is 0 Å². The van der Waals surface area contributed by atoms with E-state index in [1.165, 1.54) is 11.8 Å². The minimum absolute atomic E-state index is 0.0184. The third-order valence-electron chi connectivity index (χ3n) is 8.35. The average molecular weight is 548 g/mol. The topological polar surface area (TPSA) is 62.3 Å². The summed E-state index contributed by atoms with van der Waals surface area (Å²) in [5, 5.41) is 0. The van der Waals surface area contributed by atoms with E-state index < -0.39 is 5.54 Å². The summed E-state index contributed by atoms with van der Waals surface area (Å²) in [6.45, 7) is 12.5. The number of piperidine rings is 1. The summed E-state index contributed by atoms with van der Waals surface area (Å²) in [6, 6.07) is 12.0. The SMILES string of the molecule is C=C(Sc1ccccc1C)C(=O)N1CCC2(CC1)C1=C[C@H](C)c3c(cc(OC)cc3OC)CN1C(=O)N2CC. The van der Waals surface area contributed by atoms with Crippen molar-refractivity contribution in [3.63, 3.8) is 0 Å². The molecule has 3 amide bonds. The summed E-state index contributed by atoms with van der Waals surface area (Å²) >= 11 is 1.43. The van der Waals surface area contributed by atoms with Crippen LogP contribution in [0.4, 0.5) is 4.79 Å². The molecular formula is C31H37N3O4S. The second-order valence-electron chi connectivity index (χ2n) is 10.5. The second kappa shape index (κ2) is 10.6. The van der Waals surface area contributed by atoms with Gasteiger partial charge in [0, 0.05) is 47.8 Å². The highest BCUT2D eigenvalue weighted by Gasteiger charge is 2.55. The first-order valence-electron chi connectivity index (χ1n) is 13.5. The van der Waals surface area contributed by atoms with Gasteiger partial charge in [0.1, 0.15) is 11.5 Å². The molecule has 39 heavy (non-hydrogen) atoms. The smallest absolute Gasteiger partial charge is 0.325 e. The minimum atomic E-state index is -0.444. The second-order valence-corrected chi connectivity index (χ2v) is 11.6. The van der Waals surface area contributed by atoms with Crippen molar-refractivity contribution >= 4 is 23.7 Å². The Balaban J connectivity index is 1.41. The number of hydrogen-bond donors (Lipinski definition) is 0. The Morgan fingerprint density at radius 3 is 2.51 bits per heavy atom. The van der Waals surface area contributed by atoms with Gasteiger partial charge < -0.3 is 19.3 Å². The number of methoxy groups -OCH3 is 2. The van der Waals surface area contributed by atoms with Crippen LogP contribution < -0.4 is 9.47 Å². The molecule has 1 atom stereocenters. The molecule has 0 unspecified atom stereocenters. The molecule has 2 saturated heterocycles. The van der Waals surface area contributed by atoms with E-state index in [1.807, 2.05) is 64.9 Å². The van der Waals surface area contributed by atoms with E-state index >= 15 is 0 Å². The number of hydrogen-bond acceptors (Lipinski definition) is 5. The molecule has 3 aliphatic heterocycles. The van der Waals surface area contributed by atoms with Gasteiger partial charge in [0.05, 0.1) is 31.2 Å². The van der Waals surface area contributed by atoms with Crippen LogP contribution in [0.1, 0.15) is 49.3 Å². The molecule has 7 nitrogen and oxygen atoms in total. The maximum atomic E-state index is 13.8. The van der Waals surface area contributed by atoms with Crippen molar-refractivity contribution in [1.29, 1.82) is 0 Å². The van der Waals surface area contributed by atoms with Crippen LogP contribution in [-0.2, 0) is 11.3 Å². The van der Waals surface area contributed by atoms with Crippen LogP contribution in [0.3, 0.4) is 0 Å². The normalized spacial score (nSPS) is 19.8. The van der Waals surface area contributed by atoms with E-state index in [9.17, 15) is 9.59 Å². The number of amides is 3. The van der Waals surface area contributed by atoms with Crippen molar-refractivity contribution in [2.45, 2.75) is 56.5 Å². The number of allylic oxidation sites excluding steroid dienone is 1. The number of likely N-dealkylation sites (N-methyl/N-ethyl adjacent to an activating group) is 1. The summed E-state index contributed by atoms with van der Waals surface area (Å²) in [6.07, 6.45) is 3.61. The predicted octanol–water partition coefficient (Wildman–Crippen LogP) is 5.94. The molecule has 2 aromatic rings. The number of aryl methyl sites for hydroxylation is 1. The highest BCUT2D eigenvalue weighted by molar-refractivity contribution is 8.04. The summed E-state index contributed by atoms with van der Waals surface area (Å²) in [5.74, 6) is 1.50. The number of carbonyl (C=O) groups is 2. The standard InChI is InChI=1S/C31H37N3O4S/c1-7-34-30(36)33-19-23-17-24(37-5)18-25(38-6)28(23)21(3)16-27(33)31(34)12-14-32(15-13-31)29(35)22(4)39-26-11-9-8-10-20(26)2/h8-11,16-18,21H,4,7,12-15,19H2,1-3,5-6H3/t21-/m0/s1. The fraction of sp³-hybridized carbons (Fsp3) is 0.419. The summed E-state index contributed by atoms with van der Waals surface area (Å²) in [7, 11) is 3.31. The summed E-state index contributed by atoms with van der Waals surface area (Å²) in [5.41, 5.74) is 3.84. The van der Waals surface area contributed by atoms with Gasteiger partial charge in [-0.2, -0.15) is 0 Å². The van der Waals surface area contributed by atoms with Gasteiger partial charge in [-0.1, -0.05) is 49.5 Å². The van der Waals surface area contributed by atoms with Gasteiger partial charge in [-0.25, -0.2) is 4.79 Å². The van der Waals surface area contributed by atoms with Gasteiger partial charge >= 0.3 is 6.03 Å². The minimum Gasteiger partial charge on any atom is -0.497 e. The largest absolute Gasteiger partial charge is 0.497 e. The monoisotopic (exact) mass is 547 g/mol. The zero-order valence-electron chi connectivity index (χ0n) is 23.5. The van der Waals surface area contributed by atoms with E-state index in [0.29, 0.717) is 49.7 Å². The Morgan fingerprint density at radius 1 is 1.15 bits per heavy atom. The molecule has 2 fully saturated rings. The quantitative estimate of drug-likeness (QED) is 0.331. The molecule has 3 heterocycles. The number of thioether (sulfide) groups is 1. The van der Waals surface area contributed by atoms with Gasteiger partial charge in [0.25, 0.3) is 5.91 Å². The first-order valence-corrected chi connectivity index (χ1v) is 14.3. The van der Waals surface area contributed by atoms with E-state index in [1.54, 1.807) is 14.2 Å². The molecule has 0 aliphatic carbocycles. The summed E-state index contributed by atoms with van der Waals surface area (Å²) < 4.78 is 11.3. The fourth-order valence-electron chi connectivity index (χ4n) is 6.37. The van der Waals surface area contributed by atoms with Crippen molar-refractivity contribution in [3.8, 4) is 11.5 Å². The molecule has 3 aliphatic rings. The van der Waals surface area contributed by atoms with Gasteiger partial charge in [0.15, 0.2) is 0 Å². The number of carbonyl (C=O) groups excluding carboxylic acids is 2. The molecule has 0 N–H and O–H groups in total. The van der Waals surface area contributed by atoms with Crippen LogP contribution >= 0.6 is 11.8 Å². The molecule has 2 aromatic carbocycles. The Hall–Kier alpha value is -3.39. The Kier molecular flexibility index (Phi) is 7.42. The van der Waals surface area contributed by atoms with Gasteiger partial charge in [-0.05, 0) is 49.9 Å². The van der Waals surface area contributed by atoms with Crippen molar-refractivity contribution in [2.24, 2.45) is 0 Å². The lowest BCUT2D eigenvalue weighted by atomic mass is 9.82. The van der Waals surface area contributed by atoms with Gasteiger partial charge in [-0.15, -0.1) is 0 Å². The molecule has 0 saturated carbocycles. The van der Waals surface area contributed by atoms with E-state index in [4.69, 9.17) is 9.47 Å². The van der Waals surface area contributed by atoms with Crippen LogP contribution in [0.5, 0.6) is 11.5 Å². The number of ether oxygens (including phenoxy) is 2. The first-order chi connectivity index (χ1) is 18.7. The lowest BCUT2D eigenvalue weighted by Crippen LogP contribution is -2.54. The number of likely N-dealkylation sites (tertiary alicyclic amines) is 1. The zero-order chi connectivity index (χ0) is 27.9. The third-order valence-corrected chi connectivity index (χ3v) is 9.45. The molecule has 206 valence electrons. The molecule has 8 heteroatoms. The van der Waals surface area contributed by atoms with Gasteiger partial charge in [-0.3, -0.25) is 9.69 Å². The molecule has 0 aromatic heterocycles. The lowest BCUT2D eigenvalue weighted by Gasteiger charge is -2.44. The Bertz CT molecular complexity index is 1350. The van der Waals surface area contributed by atoms with Crippen LogP contribution in [0, 0.1) is 6.92 Å². The van der Waals surface area contributed by atoms with Crippen molar-refractivity contribution in [3.05, 3.63) is 76.3 Å². The van der Waals surface area contributed by atoms with Crippen LogP contribution in [-0.4, -0.2) is 66.0 Å². The molecule has 1 spiro atoms.